The van der Waals surface area contributed by atoms with E-state index in [0.29, 0.717) is 18.9 Å². The molecule has 19 heavy (non-hydrogen) atoms. The maximum atomic E-state index is 12.9. The highest BCUT2D eigenvalue weighted by Crippen LogP contribution is 2.14. The van der Waals surface area contributed by atoms with Gasteiger partial charge >= 0.3 is 0 Å². The molecular weight excluding hydrogens is 248 g/mol. The van der Waals surface area contributed by atoms with E-state index >= 15 is 0 Å². The van der Waals surface area contributed by atoms with Crippen molar-refractivity contribution in [1.29, 1.82) is 0 Å². The van der Waals surface area contributed by atoms with Crippen molar-refractivity contribution in [2.75, 3.05) is 13.2 Å². The molecular formula is C15H15F2NO. The maximum Gasteiger partial charge on any atom is 0.162 e. The van der Waals surface area contributed by atoms with Gasteiger partial charge in [-0.3, -0.25) is 0 Å². The first kappa shape index (κ1) is 13.5. The second-order valence-corrected chi connectivity index (χ2v) is 4.09. The molecule has 0 aliphatic heterocycles. The Balaban J connectivity index is 1.68. The standard InChI is InChI=1S/C15H15F2NO/c16-14-7-6-13(10-15(14)17)19-9-8-18-11-12-4-2-1-3-5-12/h1-7,10,18H,8-9,11H2. The van der Waals surface area contributed by atoms with Crippen LogP contribution in [0, 0.1) is 11.6 Å². The predicted octanol–water partition coefficient (Wildman–Crippen LogP) is 3.13. The van der Waals surface area contributed by atoms with Crippen molar-refractivity contribution in [3.8, 4) is 5.75 Å². The molecule has 0 fully saturated rings. The molecule has 0 radical (unpaired) electrons. The highest BCUT2D eigenvalue weighted by molar-refractivity contribution is 5.23. The normalized spacial score (nSPS) is 10.4. The Morgan fingerprint density at radius 3 is 2.47 bits per heavy atom. The predicted molar refractivity (Wildman–Crippen MR) is 70.0 cm³/mol. The van der Waals surface area contributed by atoms with Gasteiger partial charge in [0.2, 0.25) is 0 Å². The maximum absolute atomic E-state index is 12.9. The number of halogens is 2. The zero-order valence-corrected chi connectivity index (χ0v) is 10.4. The average Bonchev–Trinajstić information content (AvgIpc) is 2.43. The third-order valence-electron chi connectivity index (χ3n) is 2.61. The first-order chi connectivity index (χ1) is 9.25. The van der Waals surface area contributed by atoms with Crippen molar-refractivity contribution < 1.29 is 13.5 Å². The van der Waals surface area contributed by atoms with Gasteiger partial charge in [0.15, 0.2) is 11.6 Å². The number of nitrogens with one attached hydrogen (secondary N) is 1. The quantitative estimate of drug-likeness (QED) is 0.808. The summed E-state index contributed by atoms with van der Waals surface area (Å²) in [6.07, 6.45) is 0. The molecule has 2 aromatic rings. The van der Waals surface area contributed by atoms with Crippen LogP contribution in [0.4, 0.5) is 8.78 Å². The number of ether oxygens (including phenoxy) is 1. The highest BCUT2D eigenvalue weighted by Gasteiger charge is 2.02. The summed E-state index contributed by atoms with van der Waals surface area (Å²) >= 11 is 0. The summed E-state index contributed by atoms with van der Waals surface area (Å²) in [6.45, 7) is 1.79. The number of hydrogen-bond acceptors (Lipinski definition) is 2. The second-order valence-electron chi connectivity index (χ2n) is 4.09. The third-order valence-corrected chi connectivity index (χ3v) is 2.61. The largest absolute Gasteiger partial charge is 0.492 e. The summed E-state index contributed by atoms with van der Waals surface area (Å²) in [4.78, 5) is 0. The van der Waals surface area contributed by atoms with Gasteiger partial charge in [0.1, 0.15) is 12.4 Å². The van der Waals surface area contributed by atoms with Gasteiger partial charge in [-0.05, 0) is 17.7 Å². The summed E-state index contributed by atoms with van der Waals surface area (Å²) in [5.41, 5.74) is 1.19. The van der Waals surface area contributed by atoms with Gasteiger partial charge in [-0.1, -0.05) is 30.3 Å². The Morgan fingerprint density at radius 2 is 1.74 bits per heavy atom. The van der Waals surface area contributed by atoms with Gasteiger partial charge in [-0.25, -0.2) is 8.78 Å². The zero-order chi connectivity index (χ0) is 13.5. The fourth-order valence-electron chi connectivity index (χ4n) is 1.64. The molecule has 4 heteroatoms. The lowest BCUT2D eigenvalue weighted by atomic mass is 10.2. The highest BCUT2D eigenvalue weighted by atomic mass is 19.2. The Bertz CT molecular complexity index is 517. The first-order valence-corrected chi connectivity index (χ1v) is 6.08. The fourth-order valence-corrected chi connectivity index (χ4v) is 1.64. The van der Waals surface area contributed by atoms with Crippen molar-refractivity contribution in [2.24, 2.45) is 0 Å². The van der Waals surface area contributed by atoms with E-state index in [1.54, 1.807) is 0 Å². The minimum atomic E-state index is -0.894. The average molecular weight is 263 g/mol. The van der Waals surface area contributed by atoms with Gasteiger partial charge in [-0.15, -0.1) is 0 Å². The Hall–Kier alpha value is -1.94. The Kier molecular flexibility index (Phi) is 4.86. The molecule has 0 spiro atoms. The molecule has 0 saturated carbocycles. The number of benzene rings is 2. The number of rotatable bonds is 6. The summed E-state index contributed by atoms with van der Waals surface area (Å²) in [6, 6.07) is 13.5. The van der Waals surface area contributed by atoms with Gasteiger partial charge < -0.3 is 10.1 Å². The molecule has 0 aliphatic rings. The van der Waals surface area contributed by atoms with Crippen LogP contribution in [0.2, 0.25) is 0 Å². The summed E-state index contributed by atoms with van der Waals surface area (Å²) < 4.78 is 30.9. The van der Waals surface area contributed by atoms with Crippen molar-refractivity contribution in [2.45, 2.75) is 6.54 Å². The molecule has 0 unspecified atom stereocenters. The van der Waals surface area contributed by atoms with E-state index in [0.717, 1.165) is 18.7 Å². The van der Waals surface area contributed by atoms with Crippen LogP contribution in [0.5, 0.6) is 5.75 Å². The van der Waals surface area contributed by atoms with Gasteiger partial charge in [0.05, 0.1) is 0 Å². The molecule has 0 aromatic heterocycles. The Labute approximate surface area is 111 Å². The van der Waals surface area contributed by atoms with Crippen LogP contribution in [0.3, 0.4) is 0 Å². The molecule has 0 aliphatic carbocycles. The molecule has 2 aromatic carbocycles. The molecule has 100 valence electrons. The van der Waals surface area contributed by atoms with E-state index < -0.39 is 11.6 Å². The van der Waals surface area contributed by atoms with Crippen LogP contribution in [0.1, 0.15) is 5.56 Å². The summed E-state index contributed by atoms with van der Waals surface area (Å²) in [5.74, 6) is -1.43. The van der Waals surface area contributed by atoms with Gasteiger partial charge in [0.25, 0.3) is 0 Å². The second kappa shape index (κ2) is 6.85. The summed E-state index contributed by atoms with van der Waals surface area (Å²) in [5, 5.41) is 3.21. The third kappa shape index (κ3) is 4.34. The molecule has 2 rings (SSSR count). The van der Waals surface area contributed by atoms with Crippen LogP contribution >= 0.6 is 0 Å². The van der Waals surface area contributed by atoms with Gasteiger partial charge in [-0.2, -0.15) is 0 Å². The topological polar surface area (TPSA) is 21.3 Å². The molecule has 0 bridgehead atoms. The zero-order valence-electron chi connectivity index (χ0n) is 10.4. The monoisotopic (exact) mass is 263 g/mol. The van der Waals surface area contributed by atoms with Crippen LogP contribution in [-0.2, 0) is 6.54 Å². The van der Waals surface area contributed by atoms with Crippen molar-refractivity contribution in [3.05, 3.63) is 65.7 Å². The lowest BCUT2D eigenvalue weighted by Gasteiger charge is -2.08. The van der Waals surface area contributed by atoms with Crippen molar-refractivity contribution in [1.82, 2.24) is 5.32 Å². The molecule has 0 atom stereocenters. The van der Waals surface area contributed by atoms with E-state index in [1.165, 1.54) is 11.6 Å². The van der Waals surface area contributed by atoms with E-state index in [2.05, 4.69) is 5.32 Å². The Morgan fingerprint density at radius 1 is 0.947 bits per heavy atom. The van der Waals surface area contributed by atoms with E-state index in [4.69, 9.17) is 4.74 Å². The van der Waals surface area contributed by atoms with Gasteiger partial charge in [0, 0.05) is 19.2 Å². The van der Waals surface area contributed by atoms with Crippen molar-refractivity contribution >= 4 is 0 Å². The molecule has 0 heterocycles. The van der Waals surface area contributed by atoms with E-state index in [-0.39, 0.29) is 0 Å². The molecule has 2 nitrogen and oxygen atoms in total. The lowest BCUT2D eigenvalue weighted by Crippen LogP contribution is -2.20. The first-order valence-electron chi connectivity index (χ1n) is 6.08. The fraction of sp³-hybridized carbons (Fsp3) is 0.200. The van der Waals surface area contributed by atoms with E-state index in [1.807, 2.05) is 30.3 Å². The minimum absolute atomic E-state index is 0.334. The molecule has 0 amide bonds. The molecule has 0 saturated heterocycles. The number of hydrogen-bond donors (Lipinski definition) is 1. The smallest absolute Gasteiger partial charge is 0.162 e. The SMILES string of the molecule is Fc1ccc(OCCNCc2ccccc2)cc1F. The van der Waals surface area contributed by atoms with Crippen LogP contribution in [0.15, 0.2) is 48.5 Å². The van der Waals surface area contributed by atoms with Crippen LogP contribution < -0.4 is 10.1 Å². The minimum Gasteiger partial charge on any atom is -0.492 e. The van der Waals surface area contributed by atoms with Crippen LogP contribution in [0.25, 0.3) is 0 Å². The lowest BCUT2D eigenvalue weighted by molar-refractivity contribution is 0.311. The van der Waals surface area contributed by atoms with Crippen molar-refractivity contribution in [3.63, 3.8) is 0 Å². The van der Waals surface area contributed by atoms with E-state index in [9.17, 15) is 8.78 Å². The van der Waals surface area contributed by atoms with Crippen LogP contribution in [-0.4, -0.2) is 13.2 Å². The summed E-state index contributed by atoms with van der Waals surface area (Å²) in [7, 11) is 0. The molecule has 1 N–H and O–H groups in total.